The maximum absolute atomic E-state index is 13.0. The Morgan fingerprint density at radius 1 is 1.40 bits per heavy atom. The topological polar surface area (TPSA) is 154 Å². The summed E-state index contributed by atoms with van der Waals surface area (Å²) in [5.41, 5.74) is 0.249. The number of benzene rings is 1. The number of nitrogens with one attached hydrogen (secondary N) is 2. The zero-order valence-electron chi connectivity index (χ0n) is 19.1. The highest BCUT2D eigenvalue weighted by Gasteiger charge is 2.72. The van der Waals surface area contributed by atoms with Gasteiger partial charge < -0.3 is 34.9 Å². The van der Waals surface area contributed by atoms with Crippen LogP contribution in [0.4, 0.5) is 4.79 Å². The Balaban J connectivity index is 1.33. The van der Waals surface area contributed by atoms with Crippen molar-refractivity contribution >= 4 is 17.8 Å². The van der Waals surface area contributed by atoms with Crippen molar-refractivity contribution in [3.8, 4) is 11.5 Å². The molecule has 1 aromatic carbocycles. The third-order valence-corrected chi connectivity index (χ3v) is 8.28. The van der Waals surface area contributed by atoms with E-state index in [2.05, 4.69) is 20.2 Å². The Kier molecular flexibility index (Phi) is 4.74. The summed E-state index contributed by atoms with van der Waals surface area (Å²) >= 11 is 0. The number of carboxylic acid groups (broad SMARTS) is 1. The number of hydrogen-bond acceptors (Lipinski definition) is 8. The molecular formula is C24H26N4O7. The molecule has 11 heteroatoms. The molecular weight excluding hydrogens is 456 g/mol. The van der Waals surface area contributed by atoms with Crippen molar-refractivity contribution in [3.63, 3.8) is 0 Å². The lowest BCUT2D eigenvalue weighted by molar-refractivity contribution is -0.185. The van der Waals surface area contributed by atoms with Gasteiger partial charge in [-0.25, -0.2) is 14.6 Å². The van der Waals surface area contributed by atoms with Gasteiger partial charge in [0.25, 0.3) is 0 Å². The molecule has 2 aliphatic carbocycles. The second-order valence-electron chi connectivity index (χ2n) is 9.94. The number of carboxylic acids is 1. The number of aliphatic carboxylic acids is 1. The van der Waals surface area contributed by atoms with Gasteiger partial charge in [0.2, 0.25) is 0 Å². The number of aromatic amines is 1. The van der Waals surface area contributed by atoms with E-state index in [-0.39, 0.29) is 30.4 Å². The van der Waals surface area contributed by atoms with Crippen LogP contribution in [0.2, 0.25) is 0 Å². The molecule has 4 N–H and O–H groups in total. The fourth-order valence-electron chi connectivity index (χ4n) is 6.69. The number of rotatable bonds is 5. The number of aromatic nitrogens is 2. The highest BCUT2D eigenvalue weighted by Crippen LogP contribution is 2.64. The van der Waals surface area contributed by atoms with E-state index in [1.54, 1.807) is 6.07 Å². The number of carbonyl (C=O) groups is 3. The maximum Gasteiger partial charge on any atom is 0.413 e. The van der Waals surface area contributed by atoms with Crippen LogP contribution < -0.4 is 14.8 Å². The van der Waals surface area contributed by atoms with E-state index in [9.17, 15) is 24.6 Å². The van der Waals surface area contributed by atoms with Gasteiger partial charge in [-0.2, -0.15) is 0 Å². The first kappa shape index (κ1) is 22.1. The number of H-pyrrole nitrogens is 1. The maximum atomic E-state index is 13.0. The summed E-state index contributed by atoms with van der Waals surface area (Å²) in [5.74, 6) is -0.897. The molecule has 1 saturated heterocycles. The lowest BCUT2D eigenvalue weighted by atomic mass is 9.49. The second-order valence-corrected chi connectivity index (χ2v) is 9.94. The third-order valence-electron chi connectivity index (χ3n) is 8.28. The number of carbonyl (C=O) groups excluding carboxylic acids is 2. The predicted molar refractivity (Wildman–Crippen MR) is 119 cm³/mol. The fraction of sp³-hybridized carbons (Fsp3) is 0.500. The number of likely N-dealkylation sites (tertiary alicyclic amines) is 1. The van der Waals surface area contributed by atoms with Crippen molar-refractivity contribution in [1.29, 1.82) is 0 Å². The fourth-order valence-corrected chi connectivity index (χ4v) is 6.69. The highest BCUT2D eigenvalue weighted by atomic mass is 16.6. The van der Waals surface area contributed by atoms with Crippen molar-refractivity contribution in [2.45, 2.75) is 61.3 Å². The number of aliphatic hydroxyl groups is 1. The van der Waals surface area contributed by atoms with Crippen LogP contribution >= 0.6 is 0 Å². The van der Waals surface area contributed by atoms with Crippen molar-refractivity contribution in [2.24, 2.45) is 0 Å². The molecule has 2 aliphatic heterocycles. The van der Waals surface area contributed by atoms with Crippen LogP contribution in [0.25, 0.3) is 0 Å². The summed E-state index contributed by atoms with van der Waals surface area (Å²) < 4.78 is 11.7. The minimum Gasteiger partial charge on any atom is -0.480 e. The first-order valence-corrected chi connectivity index (χ1v) is 11.7. The molecule has 1 aromatic heterocycles. The van der Waals surface area contributed by atoms with Crippen LogP contribution in [0.5, 0.6) is 11.5 Å². The smallest absolute Gasteiger partial charge is 0.413 e. The number of likely N-dealkylation sites (N-methyl/N-ethyl adjacent to an activating group) is 1. The standard InChI is InChI=1S/C24H26N4O7/c1-28-7-6-23-18-12-2-3-16(34-22(32)27-14(21(30)31)9-13-10-25-11-26-13)19(18)35-20(23)15(29)4-5-24(23,33)17(28)8-12/h2-3,10-11,14,17,20,33H,4-9H2,1H3,(H,25,26)(H,27,32)(H,30,31)/t14-,17?,20+,23?,24?/m1/s1. The van der Waals surface area contributed by atoms with Crippen LogP contribution in [0.15, 0.2) is 24.7 Å². The molecule has 35 heavy (non-hydrogen) atoms. The summed E-state index contributed by atoms with van der Waals surface area (Å²) in [7, 11) is 1.99. The van der Waals surface area contributed by atoms with Crippen molar-refractivity contribution in [3.05, 3.63) is 41.5 Å². The molecule has 2 bridgehead atoms. The number of nitrogens with zero attached hydrogens (tertiary/aromatic N) is 2. The van der Waals surface area contributed by atoms with Gasteiger partial charge in [-0.15, -0.1) is 0 Å². The van der Waals surface area contributed by atoms with Gasteiger partial charge >= 0.3 is 12.1 Å². The lowest BCUT2D eigenvalue weighted by Crippen LogP contribution is -2.76. The second kappa shape index (κ2) is 7.53. The van der Waals surface area contributed by atoms with Crippen LogP contribution in [-0.4, -0.2) is 80.3 Å². The number of Topliss-reactive ketones (excluding diaryl/α,β-unsaturated/α-hetero) is 1. The van der Waals surface area contributed by atoms with E-state index in [1.165, 1.54) is 12.5 Å². The monoisotopic (exact) mass is 482 g/mol. The van der Waals surface area contributed by atoms with Crippen LogP contribution in [0, 0.1) is 0 Å². The van der Waals surface area contributed by atoms with Crippen molar-refractivity contribution in [2.75, 3.05) is 13.6 Å². The first-order chi connectivity index (χ1) is 16.7. The molecule has 2 aromatic rings. The van der Waals surface area contributed by atoms with E-state index < -0.39 is 35.2 Å². The number of hydrogen-bond donors (Lipinski definition) is 4. The van der Waals surface area contributed by atoms with Crippen molar-refractivity contribution < 1.29 is 34.1 Å². The molecule has 6 rings (SSSR count). The molecule has 11 nitrogen and oxygen atoms in total. The van der Waals surface area contributed by atoms with E-state index in [0.717, 1.165) is 11.1 Å². The molecule has 0 radical (unpaired) electrons. The number of imidazole rings is 1. The summed E-state index contributed by atoms with van der Waals surface area (Å²) in [6.45, 7) is 0.707. The molecule has 2 fully saturated rings. The van der Waals surface area contributed by atoms with Crippen LogP contribution in [0.3, 0.4) is 0 Å². The van der Waals surface area contributed by atoms with Gasteiger partial charge in [-0.05, 0) is 44.5 Å². The van der Waals surface area contributed by atoms with E-state index >= 15 is 0 Å². The van der Waals surface area contributed by atoms with Gasteiger partial charge in [-0.3, -0.25) is 4.79 Å². The van der Waals surface area contributed by atoms with Crippen LogP contribution in [-0.2, 0) is 27.8 Å². The van der Waals surface area contributed by atoms with Crippen molar-refractivity contribution in [1.82, 2.24) is 20.2 Å². The Bertz CT molecular complexity index is 1230. The predicted octanol–water partition coefficient (Wildman–Crippen LogP) is 0.547. The number of ether oxygens (including phenoxy) is 2. The zero-order chi connectivity index (χ0) is 24.5. The lowest BCUT2D eigenvalue weighted by Gasteiger charge is -2.61. The molecule has 5 atom stereocenters. The van der Waals surface area contributed by atoms with Gasteiger partial charge in [0.15, 0.2) is 23.4 Å². The molecule has 3 unspecified atom stereocenters. The summed E-state index contributed by atoms with van der Waals surface area (Å²) in [5, 5.41) is 23.9. The van der Waals surface area contributed by atoms with Crippen LogP contribution in [0.1, 0.15) is 36.1 Å². The number of ketones is 1. The Morgan fingerprint density at radius 2 is 2.23 bits per heavy atom. The molecule has 1 saturated carbocycles. The SMILES string of the molecule is CN1CCC23c4c5ccc(OC(=O)N[C@H](Cc6cnc[nH]6)C(=O)O)c4O[C@H]2C(=O)CCC3(O)C1C5. The van der Waals surface area contributed by atoms with Gasteiger partial charge in [0, 0.05) is 36.3 Å². The molecule has 1 spiro atoms. The van der Waals surface area contributed by atoms with E-state index in [0.29, 0.717) is 37.3 Å². The molecule has 1 amide bonds. The quantitative estimate of drug-likeness (QED) is 0.478. The van der Waals surface area contributed by atoms with Gasteiger partial charge in [-0.1, -0.05) is 6.07 Å². The molecule has 4 aliphatic rings. The Morgan fingerprint density at radius 3 is 2.97 bits per heavy atom. The first-order valence-electron chi connectivity index (χ1n) is 11.7. The van der Waals surface area contributed by atoms with E-state index in [1.807, 2.05) is 13.1 Å². The molecule has 184 valence electrons. The number of piperidine rings is 1. The summed E-state index contributed by atoms with van der Waals surface area (Å²) in [4.78, 5) is 46.2. The third kappa shape index (κ3) is 2.97. The summed E-state index contributed by atoms with van der Waals surface area (Å²) in [6, 6.07) is 2.08. The normalized spacial score (nSPS) is 31.3. The average Bonchev–Trinajstić information content (AvgIpc) is 3.45. The van der Waals surface area contributed by atoms with Gasteiger partial charge in [0.05, 0.1) is 17.3 Å². The largest absolute Gasteiger partial charge is 0.480 e. The number of amides is 1. The highest BCUT2D eigenvalue weighted by molar-refractivity contribution is 5.90. The average molecular weight is 482 g/mol. The Hall–Kier alpha value is -3.44. The molecule has 3 heterocycles. The van der Waals surface area contributed by atoms with Gasteiger partial charge in [0.1, 0.15) is 6.04 Å². The Labute approximate surface area is 200 Å². The zero-order valence-corrected chi connectivity index (χ0v) is 19.1. The van der Waals surface area contributed by atoms with E-state index in [4.69, 9.17) is 9.47 Å². The minimum absolute atomic E-state index is 0.000393. The summed E-state index contributed by atoms with van der Waals surface area (Å²) in [6.07, 6.45) is 2.84. The minimum atomic E-state index is -1.24.